The van der Waals surface area contributed by atoms with Gasteiger partial charge in [0.1, 0.15) is 0 Å². The number of fused-ring (bicyclic) bond motifs is 1. The van der Waals surface area contributed by atoms with Crippen molar-refractivity contribution in [2.45, 2.75) is 4.90 Å². The molecule has 1 aromatic carbocycles. The lowest BCUT2D eigenvalue weighted by atomic mass is 9.98. The Kier molecular flexibility index (Phi) is 4.03. The fourth-order valence-corrected chi connectivity index (χ4v) is 3.86. The van der Waals surface area contributed by atoms with Gasteiger partial charge in [-0.1, -0.05) is 23.2 Å². The van der Waals surface area contributed by atoms with Crippen molar-refractivity contribution in [3.63, 3.8) is 0 Å². The second kappa shape index (κ2) is 5.19. The van der Waals surface area contributed by atoms with E-state index < -0.39 is 0 Å². The van der Waals surface area contributed by atoms with Crippen molar-refractivity contribution in [1.29, 1.82) is 0 Å². The van der Waals surface area contributed by atoms with Crippen LogP contribution in [0.3, 0.4) is 0 Å². The van der Waals surface area contributed by atoms with Crippen LogP contribution in [-0.4, -0.2) is 37.1 Å². The number of carbonyl (C=O) groups is 1. The van der Waals surface area contributed by atoms with Crippen molar-refractivity contribution < 1.29 is 4.79 Å². The maximum Gasteiger partial charge on any atom is 0.170 e. The Morgan fingerprint density at radius 2 is 2.12 bits per heavy atom. The lowest BCUT2D eigenvalue weighted by Crippen LogP contribution is -2.32. The number of Topliss-reactive ketones (excluding diaryl/α,β-unsaturated/α-hetero) is 1. The van der Waals surface area contributed by atoms with E-state index >= 15 is 0 Å². The summed E-state index contributed by atoms with van der Waals surface area (Å²) in [5.74, 6) is 0.941. The van der Waals surface area contributed by atoms with Crippen LogP contribution in [0.15, 0.2) is 17.0 Å². The maximum atomic E-state index is 12.3. The number of carbonyl (C=O) groups excluding carboxylic acids is 1. The van der Waals surface area contributed by atoms with Crippen molar-refractivity contribution >= 4 is 40.7 Å². The topological polar surface area (TPSA) is 20.3 Å². The second-order valence-electron chi connectivity index (χ2n) is 4.40. The molecule has 0 radical (unpaired) electrons. The third-order valence-electron chi connectivity index (χ3n) is 2.66. The average Bonchev–Trinajstić information content (AvgIpc) is 2.20. The number of hydrogen-bond donors (Lipinski definition) is 0. The van der Waals surface area contributed by atoms with Crippen LogP contribution in [-0.2, 0) is 0 Å². The first-order valence-corrected chi connectivity index (χ1v) is 7.04. The first-order chi connectivity index (χ1) is 7.99. The van der Waals surface area contributed by atoms with Crippen LogP contribution in [0.25, 0.3) is 0 Å². The molecule has 0 N–H and O–H groups in total. The van der Waals surface area contributed by atoms with E-state index in [0.717, 1.165) is 17.2 Å². The van der Waals surface area contributed by atoms with Gasteiger partial charge in [-0.25, -0.2) is 0 Å². The Balaban J connectivity index is 2.35. The zero-order valence-corrected chi connectivity index (χ0v) is 12.0. The zero-order valence-electron chi connectivity index (χ0n) is 9.67. The first-order valence-electron chi connectivity index (χ1n) is 5.30. The number of thioether (sulfide) groups is 1. The fraction of sp³-hybridized carbons (Fsp3) is 0.417. The molecule has 0 aliphatic carbocycles. The van der Waals surface area contributed by atoms with Crippen LogP contribution < -0.4 is 0 Å². The van der Waals surface area contributed by atoms with E-state index in [1.165, 1.54) is 0 Å². The fourth-order valence-electron chi connectivity index (χ4n) is 1.95. The third-order valence-corrected chi connectivity index (χ3v) is 4.38. The highest BCUT2D eigenvalue weighted by Crippen LogP contribution is 2.38. The van der Waals surface area contributed by atoms with Crippen molar-refractivity contribution in [2.75, 3.05) is 26.4 Å². The van der Waals surface area contributed by atoms with Crippen LogP contribution >= 0.6 is 35.0 Å². The molecule has 0 fully saturated rings. The maximum absolute atomic E-state index is 12.3. The van der Waals surface area contributed by atoms with Crippen molar-refractivity contribution in [3.05, 3.63) is 27.7 Å². The summed E-state index contributed by atoms with van der Waals surface area (Å²) in [5, 5.41) is 1.05. The van der Waals surface area contributed by atoms with E-state index in [1.54, 1.807) is 17.8 Å². The Hall–Kier alpha value is -0.220. The van der Waals surface area contributed by atoms with E-state index in [0.29, 0.717) is 15.6 Å². The number of ketones is 1. The van der Waals surface area contributed by atoms with Gasteiger partial charge in [0.25, 0.3) is 0 Å². The predicted molar refractivity (Wildman–Crippen MR) is 73.6 cm³/mol. The van der Waals surface area contributed by atoms with Crippen LogP contribution in [0.1, 0.15) is 10.4 Å². The summed E-state index contributed by atoms with van der Waals surface area (Å²) < 4.78 is 0. The smallest absolute Gasteiger partial charge is 0.170 e. The molecule has 1 heterocycles. The van der Waals surface area contributed by atoms with Crippen molar-refractivity contribution in [2.24, 2.45) is 5.92 Å². The van der Waals surface area contributed by atoms with Gasteiger partial charge in [-0.05, 0) is 26.2 Å². The molecule has 2 rings (SSSR count). The van der Waals surface area contributed by atoms with Gasteiger partial charge in [-0.3, -0.25) is 4.79 Å². The highest BCUT2D eigenvalue weighted by molar-refractivity contribution is 7.99. The average molecular weight is 290 g/mol. The van der Waals surface area contributed by atoms with Crippen molar-refractivity contribution in [1.82, 2.24) is 4.90 Å². The van der Waals surface area contributed by atoms with Gasteiger partial charge in [0.2, 0.25) is 0 Å². The number of benzene rings is 1. The summed E-state index contributed by atoms with van der Waals surface area (Å²) in [6.45, 7) is 0.754. The van der Waals surface area contributed by atoms with Crippen LogP contribution in [0, 0.1) is 5.92 Å². The number of halogens is 2. The molecule has 1 aliphatic rings. The van der Waals surface area contributed by atoms with Crippen LogP contribution in [0.4, 0.5) is 0 Å². The molecule has 0 saturated carbocycles. The summed E-state index contributed by atoms with van der Waals surface area (Å²) in [7, 11) is 3.94. The van der Waals surface area contributed by atoms with Crippen LogP contribution in [0.2, 0.25) is 10.0 Å². The van der Waals surface area contributed by atoms with Gasteiger partial charge in [0, 0.05) is 28.1 Å². The predicted octanol–water partition coefficient (Wildman–Crippen LogP) is 3.46. The zero-order chi connectivity index (χ0) is 12.6. The molecule has 0 amide bonds. The monoisotopic (exact) mass is 289 g/mol. The Labute approximate surface area is 115 Å². The molecule has 17 heavy (non-hydrogen) atoms. The SMILES string of the molecule is CN(C)CC1CSc2cc(Cl)cc(Cl)c2C1=O. The molecule has 0 aromatic heterocycles. The van der Waals surface area contributed by atoms with Gasteiger partial charge in [0.05, 0.1) is 10.6 Å². The number of hydrogen-bond acceptors (Lipinski definition) is 3. The van der Waals surface area contributed by atoms with E-state index in [-0.39, 0.29) is 11.7 Å². The molecule has 2 nitrogen and oxygen atoms in total. The molecule has 0 saturated heterocycles. The Bertz CT molecular complexity index is 462. The molecule has 1 aliphatic heterocycles. The highest BCUT2D eigenvalue weighted by atomic mass is 35.5. The summed E-state index contributed by atoms with van der Waals surface area (Å²) in [6.07, 6.45) is 0. The number of nitrogens with zero attached hydrogens (tertiary/aromatic N) is 1. The molecule has 1 atom stereocenters. The van der Waals surface area contributed by atoms with Gasteiger partial charge in [-0.15, -0.1) is 11.8 Å². The third kappa shape index (κ3) is 2.79. The second-order valence-corrected chi connectivity index (χ2v) is 6.30. The summed E-state index contributed by atoms with van der Waals surface area (Å²) in [6, 6.07) is 3.45. The van der Waals surface area contributed by atoms with E-state index in [9.17, 15) is 4.79 Å². The largest absolute Gasteiger partial charge is 0.309 e. The first kappa shape index (κ1) is 13.2. The van der Waals surface area contributed by atoms with Crippen LogP contribution in [0.5, 0.6) is 0 Å². The minimum Gasteiger partial charge on any atom is -0.309 e. The van der Waals surface area contributed by atoms with Crippen molar-refractivity contribution in [3.8, 4) is 0 Å². The summed E-state index contributed by atoms with van der Waals surface area (Å²) in [5.41, 5.74) is 0.638. The molecular formula is C12H13Cl2NOS. The minimum absolute atomic E-state index is 0.0150. The number of rotatable bonds is 2. The highest BCUT2D eigenvalue weighted by Gasteiger charge is 2.30. The van der Waals surface area contributed by atoms with Gasteiger partial charge in [0.15, 0.2) is 5.78 Å². The molecule has 0 spiro atoms. The normalized spacial score (nSPS) is 19.6. The Morgan fingerprint density at radius 1 is 1.41 bits per heavy atom. The minimum atomic E-state index is 0.0150. The van der Waals surface area contributed by atoms with Gasteiger partial charge < -0.3 is 4.90 Å². The summed E-state index contributed by atoms with van der Waals surface area (Å²) in [4.78, 5) is 15.2. The lowest BCUT2D eigenvalue weighted by Gasteiger charge is -2.26. The molecule has 1 aromatic rings. The molecule has 5 heteroatoms. The quantitative estimate of drug-likeness (QED) is 0.832. The van der Waals surface area contributed by atoms with E-state index in [1.807, 2.05) is 25.1 Å². The lowest BCUT2D eigenvalue weighted by molar-refractivity contribution is 0.0907. The van der Waals surface area contributed by atoms with E-state index in [4.69, 9.17) is 23.2 Å². The Morgan fingerprint density at radius 3 is 2.76 bits per heavy atom. The van der Waals surface area contributed by atoms with E-state index in [2.05, 4.69) is 0 Å². The molecule has 0 bridgehead atoms. The van der Waals surface area contributed by atoms with Gasteiger partial charge >= 0.3 is 0 Å². The molecule has 92 valence electrons. The summed E-state index contributed by atoms with van der Waals surface area (Å²) >= 11 is 13.7. The molecule has 1 unspecified atom stereocenters. The van der Waals surface area contributed by atoms with Gasteiger partial charge in [-0.2, -0.15) is 0 Å². The standard InChI is InChI=1S/C12H13Cl2NOS/c1-15(2)5-7-6-17-10-4-8(13)3-9(14)11(10)12(7)16/h3-4,7H,5-6H2,1-2H3. The molecular weight excluding hydrogens is 277 g/mol.